The zero-order chi connectivity index (χ0) is 19.4. The van der Waals surface area contributed by atoms with Gasteiger partial charge in [0.15, 0.2) is 13.2 Å². The van der Waals surface area contributed by atoms with Crippen LogP contribution in [-0.2, 0) is 14.9 Å². The number of alkyl halides is 2. The molecule has 0 saturated carbocycles. The molecule has 2 aromatic rings. The van der Waals surface area contributed by atoms with E-state index in [1.165, 1.54) is 5.56 Å². The zero-order valence-electron chi connectivity index (χ0n) is 15.8. The number of esters is 1. The van der Waals surface area contributed by atoms with E-state index < -0.39 is 25.1 Å². The lowest BCUT2D eigenvalue weighted by molar-refractivity contribution is -0.155. The van der Waals surface area contributed by atoms with Crippen molar-refractivity contribution < 1.29 is 23.0 Å². The maximum Gasteiger partial charge on any atom is 0.344 e. The second kappa shape index (κ2) is 8.02. The number of hydrogen-bond acceptors (Lipinski definition) is 3. The first-order chi connectivity index (χ1) is 12.2. The van der Waals surface area contributed by atoms with Crippen molar-refractivity contribution in [2.75, 3.05) is 13.2 Å². The van der Waals surface area contributed by atoms with Gasteiger partial charge in [0.25, 0.3) is 5.92 Å². The van der Waals surface area contributed by atoms with Gasteiger partial charge in [-0.15, -0.1) is 0 Å². The van der Waals surface area contributed by atoms with E-state index in [0.717, 1.165) is 23.6 Å². The quantitative estimate of drug-likeness (QED) is 0.581. The largest absolute Gasteiger partial charge is 0.482 e. The molecule has 0 saturated heterocycles. The number of fused-ring (bicyclic) bond motifs is 1. The highest BCUT2D eigenvalue weighted by molar-refractivity contribution is 5.85. The minimum atomic E-state index is -3.04. The lowest BCUT2D eigenvalue weighted by atomic mass is 9.77. The maximum atomic E-state index is 12.7. The van der Waals surface area contributed by atoms with Gasteiger partial charge in [0.05, 0.1) is 0 Å². The average Bonchev–Trinajstić information content (AvgIpc) is 2.62. The van der Waals surface area contributed by atoms with Gasteiger partial charge in [-0.3, -0.25) is 0 Å². The normalized spacial score (nSPS) is 12.2. The Morgan fingerprint density at radius 1 is 1.00 bits per heavy atom. The van der Waals surface area contributed by atoms with E-state index in [9.17, 15) is 13.6 Å². The topological polar surface area (TPSA) is 35.5 Å². The Kier molecular flexibility index (Phi) is 6.21. The number of benzene rings is 2. The Balaban J connectivity index is 2.07. The molecule has 0 aliphatic rings. The smallest absolute Gasteiger partial charge is 0.344 e. The van der Waals surface area contributed by atoms with Crippen molar-refractivity contribution in [3.8, 4) is 5.75 Å². The van der Waals surface area contributed by atoms with Gasteiger partial charge in [-0.25, -0.2) is 13.6 Å². The van der Waals surface area contributed by atoms with Crippen LogP contribution in [0.5, 0.6) is 5.75 Å². The van der Waals surface area contributed by atoms with E-state index in [0.29, 0.717) is 12.7 Å². The van der Waals surface area contributed by atoms with Gasteiger partial charge in [-0.05, 0) is 46.7 Å². The summed E-state index contributed by atoms with van der Waals surface area (Å²) in [5, 5.41) is 2.09. The Morgan fingerprint density at radius 2 is 1.62 bits per heavy atom. The standard InChI is InChI=1S/C21H26F2O3/c1-5-20(3,6-2)17-9-7-16-12-18(10-8-15(16)11-17)25-13-19(24)26-14-21(4,22)23/h7-12H,5-6,13-14H2,1-4H3. The molecule has 26 heavy (non-hydrogen) atoms. The van der Waals surface area contributed by atoms with Gasteiger partial charge in [0, 0.05) is 6.92 Å². The molecular formula is C21H26F2O3. The molecule has 5 heteroatoms. The van der Waals surface area contributed by atoms with Gasteiger partial charge >= 0.3 is 5.97 Å². The summed E-state index contributed by atoms with van der Waals surface area (Å²) in [5.41, 5.74) is 1.45. The molecule has 0 atom stereocenters. The summed E-state index contributed by atoms with van der Waals surface area (Å²) < 4.78 is 35.2. The molecule has 0 N–H and O–H groups in total. The molecule has 0 bridgehead atoms. The third kappa shape index (κ3) is 5.16. The van der Waals surface area contributed by atoms with Gasteiger partial charge in [-0.2, -0.15) is 0 Å². The Morgan fingerprint density at radius 3 is 2.23 bits per heavy atom. The molecule has 0 heterocycles. The lowest BCUT2D eigenvalue weighted by Crippen LogP contribution is -2.24. The van der Waals surface area contributed by atoms with Crippen molar-refractivity contribution in [1.29, 1.82) is 0 Å². The molecule has 0 spiro atoms. The van der Waals surface area contributed by atoms with E-state index in [1.807, 2.05) is 18.2 Å². The van der Waals surface area contributed by atoms with Crippen LogP contribution in [0.3, 0.4) is 0 Å². The van der Waals surface area contributed by atoms with E-state index in [2.05, 4.69) is 37.6 Å². The molecule has 0 radical (unpaired) electrons. The fraction of sp³-hybridized carbons (Fsp3) is 0.476. The van der Waals surface area contributed by atoms with E-state index in [4.69, 9.17) is 4.74 Å². The predicted octanol–water partition coefficient (Wildman–Crippen LogP) is 5.49. The summed E-state index contributed by atoms with van der Waals surface area (Å²) in [6, 6.07) is 11.9. The number of hydrogen-bond donors (Lipinski definition) is 0. The van der Waals surface area contributed by atoms with Crippen molar-refractivity contribution in [3.05, 3.63) is 42.0 Å². The third-order valence-corrected chi connectivity index (χ3v) is 4.91. The van der Waals surface area contributed by atoms with E-state index in [1.54, 1.807) is 6.07 Å². The minimum Gasteiger partial charge on any atom is -0.482 e. The third-order valence-electron chi connectivity index (χ3n) is 4.91. The van der Waals surface area contributed by atoms with Crippen LogP contribution in [0.4, 0.5) is 8.78 Å². The fourth-order valence-corrected chi connectivity index (χ4v) is 2.74. The van der Waals surface area contributed by atoms with E-state index in [-0.39, 0.29) is 5.41 Å². The highest BCUT2D eigenvalue weighted by Gasteiger charge is 2.24. The van der Waals surface area contributed by atoms with Gasteiger partial charge in [0.1, 0.15) is 5.75 Å². The molecule has 2 rings (SSSR count). The average molecular weight is 364 g/mol. The van der Waals surface area contributed by atoms with Crippen LogP contribution >= 0.6 is 0 Å². The van der Waals surface area contributed by atoms with Gasteiger partial charge in [0.2, 0.25) is 0 Å². The molecule has 142 valence electrons. The molecule has 0 fully saturated rings. The minimum absolute atomic E-state index is 0.147. The monoisotopic (exact) mass is 364 g/mol. The summed E-state index contributed by atoms with van der Waals surface area (Å²) in [7, 11) is 0. The van der Waals surface area contributed by atoms with Crippen molar-refractivity contribution in [2.45, 2.75) is 51.9 Å². The van der Waals surface area contributed by atoms with Crippen LogP contribution in [0, 0.1) is 0 Å². The van der Waals surface area contributed by atoms with Crippen LogP contribution < -0.4 is 4.74 Å². The molecule has 2 aromatic carbocycles. The lowest BCUT2D eigenvalue weighted by Gasteiger charge is -2.27. The summed E-state index contributed by atoms with van der Waals surface area (Å²) in [6.07, 6.45) is 2.13. The molecular weight excluding hydrogens is 338 g/mol. The highest BCUT2D eigenvalue weighted by Crippen LogP contribution is 2.33. The first kappa shape index (κ1) is 20.1. The van der Waals surface area contributed by atoms with Gasteiger partial charge in [-0.1, -0.05) is 45.0 Å². The van der Waals surface area contributed by atoms with Crippen LogP contribution in [0.25, 0.3) is 10.8 Å². The molecule has 0 aliphatic carbocycles. The first-order valence-corrected chi connectivity index (χ1v) is 8.87. The molecule has 0 unspecified atom stereocenters. The Labute approximate surface area is 153 Å². The van der Waals surface area contributed by atoms with Crippen LogP contribution in [0.15, 0.2) is 36.4 Å². The van der Waals surface area contributed by atoms with Gasteiger partial charge < -0.3 is 9.47 Å². The van der Waals surface area contributed by atoms with Crippen LogP contribution in [0.2, 0.25) is 0 Å². The van der Waals surface area contributed by atoms with Crippen LogP contribution in [-0.4, -0.2) is 25.1 Å². The summed E-state index contributed by atoms with van der Waals surface area (Å²) in [4.78, 5) is 11.5. The van der Waals surface area contributed by atoms with Crippen molar-refractivity contribution in [1.82, 2.24) is 0 Å². The highest BCUT2D eigenvalue weighted by atomic mass is 19.3. The fourth-order valence-electron chi connectivity index (χ4n) is 2.74. The van der Waals surface area contributed by atoms with E-state index >= 15 is 0 Å². The maximum absolute atomic E-state index is 12.7. The summed E-state index contributed by atoms with van der Waals surface area (Å²) in [5.74, 6) is -3.36. The summed E-state index contributed by atoms with van der Waals surface area (Å²) >= 11 is 0. The predicted molar refractivity (Wildman–Crippen MR) is 99.0 cm³/mol. The van der Waals surface area contributed by atoms with Crippen LogP contribution in [0.1, 0.15) is 46.1 Å². The SMILES string of the molecule is CCC(C)(CC)c1ccc2cc(OCC(=O)OCC(C)(F)F)ccc2c1. The number of carbonyl (C=O) groups is 1. The second-order valence-corrected chi connectivity index (χ2v) is 7.01. The zero-order valence-corrected chi connectivity index (χ0v) is 15.8. The molecule has 0 amide bonds. The molecule has 3 nitrogen and oxygen atoms in total. The Bertz CT molecular complexity index is 761. The van der Waals surface area contributed by atoms with Crippen molar-refractivity contribution in [2.24, 2.45) is 0 Å². The van der Waals surface area contributed by atoms with Crippen molar-refractivity contribution in [3.63, 3.8) is 0 Å². The molecule has 0 aromatic heterocycles. The first-order valence-electron chi connectivity index (χ1n) is 8.87. The number of ether oxygens (including phenoxy) is 2. The van der Waals surface area contributed by atoms with Crippen molar-refractivity contribution >= 4 is 16.7 Å². The number of carbonyl (C=O) groups excluding carboxylic acids is 1. The summed E-state index contributed by atoms with van der Waals surface area (Å²) in [6.45, 7) is 6.00. The number of halogens is 2. The second-order valence-electron chi connectivity index (χ2n) is 7.01. The Hall–Kier alpha value is -2.17. The number of rotatable bonds is 8. The molecule has 0 aliphatic heterocycles.